The van der Waals surface area contributed by atoms with E-state index < -0.39 is 0 Å². The molecule has 0 saturated heterocycles. The Balaban J connectivity index is 3.41. The van der Waals surface area contributed by atoms with Crippen LogP contribution in [0.3, 0.4) is 0 Å². The molecule has 0 aliphatic heterocycles. The molecule has 0 aliphatic carbocycles. The largest absolute Gasteiger partial charge is 0.466 e. The minimum Gasteiger partial charge on any atom is -0.466 e. The fraction of sp³-hybridized carbons (Fsp3) is 0.864. The van der Waals surface area contributed by atoms with Gasteiger partial charge >= 0.3 is 5.97 Å². The average molecular weight is 354 g/mol. The van der Waals surface area contributed by atoms with Gasteiger partial charge in [-0.15, -0.1) is 0 Å². The van der Waals surface area contributed by atoms with Gasteiger partial charge in [0.1, 0.15) is 0 Å². The Bertz CT molecular complexity index is 348. The van der Waals surface area contributed by atoms with E-state index in [-0.39, 0.29) is 11.5 Å². The molecule has 0 aromatic heterocycles. The summed E-state index contributed by atoms with van der Waals surface area (Å²) in [5, 5.41) is 0. The van der Waals surface area contributed by atoms with Gasteiger partial charge in [-0.25, -0.2) is 0 Å². The van der Waals surface area contributed by atoms with Gasteiger partial charge in [-0.05, 0) is 66.5 Å². The van der Waals surface area contributed by atoms with E-state index in [2.05, 4.69) is 51.9 Å². The van der Waals surface area contributed by atoms with Crippen molar-refractivity contribution in [1.29, 1.82) is 0 Å². The van der Waals surface area contributed by atoms with Gasteiger partial charge in [0.2, 0.25) is 0 Å². The van der Waals surface area contributed by atoms with Gasteiger partial charge in [0.05, 0.1) is 6.61 Å². The van der Waals surface area contributed by atoms with E-state index in [9.17, 15) is 4.79 Å². The number of allylic oxidation sites excluding steroid dienone is 2. The van der Waals surface area contributed by atoms with Crippen LogP contribution < -0.4 is 0 Å². The molecule has 0 amide bonds. The monoisotopic (exact) mass is 353 g/mol. The summed E-state index contributed by atoms with van der Waals surface area (Å²) in [6, 6.07) is 0. The number of carbonyl (C=O) groups excluding carboxylic acids is 1. The molecular formula is C22H43NO2. The summed E-state index contributed by atoms with van der Waals surface area (Å²) in [7, 11) is 4.12. The maximum atomic E-state index is 11.7. The minimum absolute atomic E-state index is 0.0374. The second kappa shape index (κ2) is 15.4. The van der Waals surface area contributed by atoms with Crippen molar-refractivity contribution < 1.29 is 9.53 Å². The molecule has 0 saturated carbocycles. The zero-order valence-electron chi connectivity index (χ0n) is 17.6. The zero-order chi connectivity index (χ0) is 19.0. The standard InChI is InChI=1S/C22H43NO2/c1-6-7-8-9-10-11-12-13-14-15-16-17-18-21(24)25-20-19-22(2,3)23(4)5/h10-11H,6-9,12-20H2,1-5H3. The molecular weight excluding hydrogens is 310 g/mol. The van der Waals surface area contributed by atoms with Crippen LogP contribution in [0.1, 0.15) is 97.8 Å². The Kier molecular flexibility index (Phi) is 14.9. The van der Waals surface area contributed by atoms with Gasteiger partial charge in [-0.1, -0.05) is 51.2 Å². The summed E-state index contributed by atoms with van der Waals surface area (Å²) in [5.74, 6) is -0.0374. The highest BCUT2D eigenvalue weighted by Gasteiger charge is 2.20. The molecule has 25 heavy (non-hydrogen) atoms. The molecule has 0 fully saturated rings. The molecule has 0 bridgehead atoms. The van der Waals surface area contributed by atoms with Crippen molar-refractivity contribution in [2.75, 3.05) is 20.7 Å². The van der Waals surface area contributed by atoms with Crippen LogP contribution in [0.4, 0.5) is 0 Å². The van der Waals surface area contributed by atoms with Crippen molar-refractivity contribution >= 4 is 5.97 Å². The molecule has 0 aliphatic rings. The molecule has 0 N–H and O–H groups in total. The van der Waals surface area contributed by atoms with E-state index in [1.54, 1.807) is 0 Å². The van der Waals surface area contributed by atoms with E-state index in [4.69, 9.17) is 4.74 Å². The Morgan fingerprint density at radius 3 is 2.08 bits per heavy atom. The number of unbranched alkanes of at least 4 members (excludes halogenated alkanes) is 8. The van der Waals surface area contributed by atoms with Crippen molar-refractivity contribution in [2.24, 2.45) is 0 Å². The molecule has 3 heteroatoms. The lowest BCUT2D eigenvalue weighted by molar-refractivity contribution is -0.144. The van der Waals surface area contributed by atoms with Gasteiger partial charge < -0.3 is 9.64 Å². The predicted molar refractivity (Wildman–Crippen MR) is 109 cm³/mol. The van der Waals surface area contributed by atoms with Gasteiger partial charge in [-0.2, -0.15) is 0 Å². The third kappa shape index (κ3) is 15.2. The maximum absolute atomic E-state index is 11.7. The number of nitrogens with zero attached hydrogens (tertiary/aromatic N) is 1. The third-order valence-corrected chi connectivity index (χ3v) is 5.08. The van der Waals surface area contributed by atoms with Crippen LogP contribution in [-0.4, -0.2) is 37.1 Å². The first kappa shape index (κ1) is 24.2. The SMILES string of the molecule is CCCCCC=CCCCCCCCC(=O)OCCC(C)(C)N(C)C. The lowest BCUT2D eigenvalue weighted by atomic mass is 10.0. The Morgan fingerprint density at radius 1 is 0.920 bits per heavy atom. The summed E-state index contributed by atoms with van der Waals surface area (Å²) < 4.78 is 5.35. The number of rotatable bonds is 16. The second-order valence-corrected chi connectivity index (χ2v) is 7.95. The normalized spacial score (nSPS) is 12.2. The lowest BCUT2D eigenvalue weighted by Gasteiger charge is -2.32. The Labute approximate surface area is 157 Å². The predicted octanol–water partition coefficient (Wildman–Crippen LogP) is 6.13. The molecule has 3 nitrogen and oxygen atoms in total. The first-order valence-electron chi connectivity index (χ1n) is 10.4. The van der Waals surface area contributed by atoms with Crippen molar-refractivity contribution in [2.45, 2.75) is 103 Å². The van der Waals surface area contributed by atoms with Crippen LogP contribution in [0.15, 0.2) is 12.2 Å². The van der Waals surface area contributed by atoms with Crippen LogP contribution in [0.25, 0.3) is 0 Å². The Morgan fingerprint density at radius 2 is 1.48 bits per heavy atom. The molecule has 148 valence electrons. The van der Waals surface area contributed by atoms with Crippen molar-refractivity contribution in [3.8, 4) is 0 Å². The topological polar surface area (TPSA) is 29.5 Å². The lowest BCUT2D eigenvalue weighted by Crippen LogP contribution is -2.39. The van der Waals surface area contributed by atoms with Crippen molar-refractivity contribution in [1.82, 2.24) is 4.90 Å². The fourth-order valence-corrected chi connectivity index (χ4v) is 2.52. The minimum atomic E-state index is -0.0374. The van der Waals surface area contributed by atoms with E-state index >= 15 is 0 Å². The number of carbonyl (C=O) groups is 1. The van der Waals surface area contributed by atoms with Gasteiger partial charge in [-0.3, -0.25) is 4.79 Å². The van der Waals surface area contributed by atoms with E-state index in [0.29, 0.717) is 13.0 Å². The van der Waals surface area contributed by atoms with E-state index in [1.165, 1.54) is 51.4 Å². The highest BCUT2D eigenvalue weighted by molar-refractivity contribution is 5.69. The highest BCUT2D eigenvalue weighted by Crippen LogP contribution is 2.15. The molecule has 0 atom stereocenters. The molecule has 0 heterocycles. The summed E-state index contributed by atoms with van der Waals surface area (Å²) in [6.07, 6.45) is 18.4. The van der Waals surface area contributed by atoms with Crippen LogP contribution >= 0.6 is 0 Å². The number of esters is 1. The molecule has 0 radical (unpaired) electrons. The van der Waals surface area contributed by atoms with Crippen molar-refractivity contribution in [3.63, 3.8) is 0 Å². The Hall–Kier alpha value is -0.830. The maximum Gasteiger partial charge on any atom is 0.305 e. The molecule has 0 unspecified atom stereocenters. The summed E-state index contributed by atoms with van der Waals surface area (Å²) in [4.78, 5) is 13.9. The first-order chi connectivity index (χ1) is 11.9. The van der Waals surface area contributed by atoms with Gasteiger partial charge in [0.15, 0.2) is 0 Å². The number of ether oxygens (including phenoxy) is 1. The third-order valence-electron chi connectivity index (χ3n) is 5.08. The second-order valence-electron chi connectivity index (χ2n) is 7.95. The van der Waals surface area contributed by atoms with E-state index in [0.717, 1.165) is 19.3 Å². The number of hydrogen-bond donors (Lipinski definition) is 0. The first-order valence-corrected chi connectivity index (χ1v) is 10.4. The fourth-order valence-electron chi connectivity index (χ4n) is 2.52. The quantitative estimate of drug-likeness (QED) is 0.190. The zero-order valence-corrected chi connectivity index (χ0v) is 17.6. The van der Waals surface area contributed by atoms with Gasteiger partial charge in [0, 0.05) is 12.0 Å². The summed E-state index contributed by atoms with van der Waals surface area (Å²) >= 11 is 0. The molecule has 0 aromatic rings. The van der Waals surface area contributed by atoms with Gasteiger partial charge in [0.25, 0.3) is 0 Å². The van der Waals surface area contributed by atoms with Crippen molar-refractivity contribution in [3.05, 3.63) is 12.2 Å². The van der Waals surface area contributed by atoms with Crippen LogP contribution in [-0.2, 0) is 9.53 Å². The van der Waals surface area contributed by atoms with Crippen LogP contribution in [0, 0.1) is 0 Å². The average Bonchev–Trinajstić information content (AvgIpc) is 2.55. The van der Waals surface area contributed by atoms with Crippen LogP contribution in [0.2, 0.25) is 0 Å². The highest BCUT2D eigenvalue weighted by atomic mass is 16.5. The smallest absolute Gasteiger partial charge is 0.305 e. The number of hydrogen-bond acceptors (Lipinski definition) is 3. The van der Waals surface area contributed by atoms with Crippen LogP contribution in [0.5, 0.6) is 0 Å². The molecule has 0 rings (SSSR count). The summed E-state index contributed by atoms with van der Waals surface area (Å²) in [6.45, 7) is 7.10. The molecule has 0 spiro atoms. The van der Waals surface area contributed by atoms with E-state index in [1.807, 2.05) is 0 Å². The summed E-state index contributed by atoms with van der Waals surface area (Å²) in [5.41, 5.74) is 0.0741. The molecule has 0 aromatic carbocycles.